The predicted octanol–water partition coefficient (Wildman–Crippen LogP) is 4.78. The number of hydrogen-bond acceptors (Lipinski definition) is 4. The summed E-state index contributed by atoms with van der Waals surface area (Å²) in [6.07, 6.45) is 5.28. The predicted molar refractivity (Wildman–Crippen MR) is 121 cm³/mol. The minimum atomic E-state index is -0.609. The van der Waals surface area contributed by atoms with Gasteiger partial charge < -0.3 is 14.4 Å². The molecule has 0 radical (unpaired) electrons. The molecule has 168 valence electrons. The quantitative estimate of drug-likeness (QED) is 0.527. The van der Waals surface area contributed by atoms with Crippen molar-refractivity contribution in [3.05, 3.63) is 33.8 Å². The van der Waals surface area contributed by atoms with Crippen molar-refractivity contribution < 1.29 is 14.3 Å². The van der Waals surface area contributed by atoms with Gasteiger partial charge in [0, 0.05) is 39.1 Å². The fraction of sp³-hybridized carbons (Fsp3) is 0.696. The maximum Gasteiger partial charge on any atom is 0.227 e. The highest BCUT2D eigenvalue weighted by Gasteiger charge is 2.46. The van der Waals surface area contributed by atoms with Crippen LogP contribution in [0.1, 0.15) is 51.5 Å². The van der Waals surface area contributed by atoms with Crippen LogP contribution in [-0.2, 0) is 20.7 Å². The highest BCUT2D eigenvalue weighted by atomic mass is 35.5. The van der Waals surface area contributed by atoms with E-state index in [9.17, 15) is 4.79 Å². The first-order valence-corrected chi connectivity index (χ1v) is 11.9. The molecule has 0 spiro atoms. The molecule has 7 heteroatoms. The molecule has 1 saturated heterocycles. The molecule has 2 atom stereocenters. The molecule has 30 heavy (non-hydrogen) atoms. The Hall–Kier alpha value is -0.850. The van der Waals surface area contributed by atoms with Crippen molar-refractivity contribution >= 4 is 29.1 Å². The van der Waals surface area contributed by atoms with Crippen molar-refractivity contribution in [1.29, 1.82) is 0 Å². The Bertz CT molecular complexity index is 718. The van der Waals surface area contributed by atoms with Gasteiger partial charge in [0.2, 0.25) is 5.91 Å². The lowest BCUT2D eigenvalue weighted by atomic mass is 9.83. The summed E-state index contributed by atoms with van der Waals surface area (Å²) < 4.78 is 12.2. The summed E-state index contributed by atoms with van der Waals surface area (Å²) in [6.45, 7) is 7.41. The molecule has 1 heterocycles. The molecule has 1 aliphatic carbocycles. The first kappa shape index (κ1) is 23.8. The molecule has 2 fully saturated rings. The second-order valence-electron chi connectivity index (χ2n) is 8.33. The van der Waals surface area contributed by atoms with Gasteiger partial charge in [0.1, 0.15) is 0 Å². The number of benzene rings is 1. The van der Waals surface area contributed by atoms with Crippen LogP contribution in [0, 0.1) is 0 Å². The maximum atomic E-state index is 13.2. The van der Waals surface area contributed by atoms with Crippen LogP contribution in [0.5, 0.6) is 0 Å². The number of halogens is 2. The number of amides is 1. The maximum absolute atomic E-state index is 13.2. The van der Waals surface area contributed by atoms with Gasteiger partial charge in [0.15, 0.2) is 5.79 Å². The van der Waals surface area contributed by atoms with Crippen LogP contribution in [0.15, 0.2) is 18.2 Å². The summed E-state index contributed by atoms with van der Waals surface area (Å²) in [7, 11) is 1.92. The Balaban J connectivity index is 1.79. The van der Waals surface area contributed by atoms with E-state index in [-0.39, 0.29) is 11.9 Å². The summed E-state index contributed by atoms with van der Waals surface area (Å²) in [5.74, 6) is -0.533. The van der Waals surface area contributed by atoms with Gasteiger partial charge >= 0.3 is 0 Å². The second-order valence-corrected chi connectivity index (χ2v) is 9.14. The number of carbonyl (C=O) groups is 1. The van der Waals surface area contributed by atoms with E-state index in [4.69, 9.17) is 32.7 Å². The van der Waals surface area contributed by atoms with Crippen LogP contribution in [0.3, 0.4) is 0 Å². The lowest BCUT2D eigenvalue weighted by molar-refractivity contribution is -0.260. The van der Waals surface area contributed by atoms with Gasteiger partial charge in [0.25, 0.3) is 0 Å². The van der Waals surface area contributed by atoms with Gasteiger partial charge in [-0.3, -0.25) is 9.69 Å². The van der Waals surface area contributed by atoms with Crippen LogP contribution in [0.25, 0.3) is 0 Å². The molecular weight excluding hydrogens is 423 g/mol. The van der Waals surface area contributed by atoms with Crippen molar-refractivity contribution in [2.75, 3.05) is 33.4 Å². The first-order valence-electron chi connectivity index (χ1n) is 11.1. The second kappa shape index (κ2) is 10.6. The van der Waals surface area contributed by atoms with Crippen molar-refractivity contribution in [2.24, 2.45) is 0 Å². The van der Waals surface area contributed by atoms with Crippen LogP contribution in [0.2, 0.25) is 10.0 Å². The smallest absolute Gasteiger partial charge is 0.227 e. The Morgan fingerprint density at radius 1 is 1.17 bits per heavy atom. The molecule has 1 aromatic carbocycles. The average molecular weight is 457 g/mol. The number of ether oxygens (including phenoxy) is 2. The summed E-state index contributed by atoms with van der Waals surface area (Å²) in [5, 5.41) is 0.977. The van der Waals surface area contributed by atoms with Crippen LogP contribution in [-0.4, -0.2) is 66.9 Å². The van der Waals surface area contributed by atoms with Gasteiger partial charge in [-0.05, 0) is 63.9 Å². The van der Waals surface area contributed by atoms with E-state index in [1.807, 2.05) is 31.9 Å². The molecule has 0 aromatic heterocycles. The lowest BCUT2D eigenvalue weighted by Gasteiger charge is -2.49. The van der Waals surface area contributed by atoms with E-state index in [2.05, 4.69) is 4.90 Å². The minimum absolute atomic E-state index is 0.0465. The molecule has 1 aromatic rings. The van der Waals surface area contributed by atoms with E-state index in [0.29, 0.717) is 42.1 Å². The SMILES string of the molecule is CCOC1(OCC)CCC(N2CCCC2)C(N(C)C(=O)Cc2ccc(Cl)c(Cl)c2)C1. The molecule has 1 amide bonds. The molecule has 0 N–H and O–H groups in total. The normalized spacial score (nSPS) is 24.2. The van der Waals surface area contributed by atoms with Gasteiger partial charge in [-0.1, -0.05) is 29.3 Å². The molecule has 1 saturated carbocycles. The zero-order valence-electron chi connectivity index (χ0n) is 18.3. The first-order chi connectivity index (χ1) is 14.4. The topological polar surface area (TPSA) is 42.0 Å². The molecule has 2 aliphatic rings. The van der Waals surface area contributed by atoms with Crippen molar-refractivity contribution in [3.63, 3.8) is 0 Å². The third-order valence-corrected chi connectivity index (χ3v) is 7.18. The van der Waals surface area contributed by atoms with E-state index in [1.54, 1.807) is 12.1 Å². The van der Waals surface area contributed by atoms with E-state index in [1.165, 1.54) is 12.8 Å². The largest absolute Gasteiger partial charge is 0.350 e. The van der Waals surface area contributed by atoms with Gasteiger partial charge in [-0.2, -0.15) is 0 Å². The summed E-state index contributed by atoms with van der Waals surface area (Å²) in [4.78, 5) is 17.7. The Morgan fingerprint density at radius 2 is 1.83 bits per heavy atom. The fourth-order valence-electron chi connectivity index (χ4n) is 4.97. The van der Waals surface area contributed by atoms with Crippen molar-refractivity contribution in [3.8, 4) is 0 Å². The molecule has 5 nitrogen and oxygen atoms in total. The van der Waals surface area contributed by atoms with Crippen molar-refractivity contribution in [1.82, 2.24) is 9.80 Å². The van der Waals surface area contributed by atoms with Crippen LogP contribution < -0.4 is 0 Å². The third kappa shape index (κ3) is 5.49. The molecule has 1 aliphatic heterocycles. The number of rotatable bonds is 8. The Kier molecular flexibility index (Phi) is 8.45. The summed E-state index contributed by atoms with van der Waals surface area (Å²) in [5.41, 5.74) is 0.871. The summed E-state index contributed by atoms with van der Waals surface area (Å²) >= 11 is 12.2. The van der Waals surface area contributed by atoms with E-state index >= 15 is 0 Å². The Labute approximate surface area is 190 Å². The number of nitrogens with zero attached hydrogens (tertiary/aromatic N) is 2. The van der Waals surface area contributed by atoms with Gasteiger partial charge in [0.05, 0.1) is 22.5 Å². The fourth-order valence-corrected chi connectivity index (χ4v) is 5.30. The number of likely N-dealkylation sites (N-methyl/N-ethyl adjacent to an activating group) is 1. The number of carbonyl (C=O) groups excluding carboxylic acids is 1. The van der Waals surface area contributed by atoms with Crippen LogP contribution >= 0.6 is 23.2 Å². The third-order valence-electron chi connectivity index (χ3n) is 6.44. The molecule has 0 bridgehead atoms. The van der Waals surface area contributed by atoms with E-state index < -0.39 is 5.79 Å². The zero-order valence-corrected chi connectivity index (χ0v) is 19.8. The average Bonchev–Trinajstić information content (AvgIpc) is 3.25. The molecule has 3 rings (SSSR count). The molecule has 2 unspecified atom stereocenters. The minimum Gasteiger partial charge on any atom is -0.350 e. The molecular formula is C23H34Cl2N2O3. The highest BCUT2D eigenvalue weighted by molar-refractivity contribution is 6.42. The van der Waals surface area contributed by atoms with Gasteiger partial charge in [-0.15, -0.1) is 0 Å². The van der Waals surface area contributed by atoms with Crippen LogP contribution in [0.4, 0.5) is 0 Å². The number of likely N-dealkylation sites (tertiary alicyclic amines) is 1. The Morgan fingerprint density at radius 3 is 2.43 bits per heavy atom. The zero-order chi connectivity index (χ0) is 21.7. The number of hydrogen-bond donors (Lipinski definition) is 0. The van der Waals surface area contributed by atoms with E-state index in [0.717, 1.165) is 31.5 Å². The van der Waals surface area contributed by atoms with Crippen molar-refractivity contribution in [2.45, 2.75) is 70.2 Å². The standard InChI is InChI=1S/C23H34Cl2N2O3/c1-4-29-23(30-5-2)11-10-20(27-12-6-7-13-27)21(16-23)26(3)22(28)15-17-8-9-18(24)19(25)14-17/h8-9,14,20-21H,4-7,10-13,15-16H2,1-3H3. The highest BCUT2D eigenvalue weighted by Crippen LogP contribution is 2.38. The monoisotopic (exact) mass is 456 g/mol. The van der Waals surface area contributed by atoms with Gasteiger partial charge in [-0.25, -0.2) is 0 Å². The lowest BCUT2D eigenvalue weighted by Crippen LogP contribution is -2.59. The summed E-state index contributed by atoms with van der Waals surface area (Å²) in [6, 6.07) is 5.77.